The lowest BCUT2D eigenvalue weighted by Crippen LogP contribution is -2.08. The van der Waals surface area contributed by atoms with E-state index in [0.29, 0.717) is 0 Å². The first kappa shape index (κ1) is 10.7. The Kier molecular flexibility index (Phi) is 2.16. The van der Waals surface area contributed by atoms with Crippen LogP contribution in [-0.4, -0.2) is 0 Å². The fourth-order valence-corrected chi connectivity index (χ4v) is 3.56. The zero-order valence-corrected chi connectivity index (χ0v) is 12.5. The third-order valence-corrected chi connectivity index (χ3v) is 4.82. The topological polar surface area (TPSA) is 0 Å². The molecule has 0 nitrogen and oxygen atoms in total. The van der Waals surface area contributed by atoms with Crippen molar-refractivity contribution < 1.29 is 0 Å². The van der Waals surface area contributed by atoms with E-state index in [1.807, 2.05) is 6.08 Å². The summed E-state index contributed by atoms with van der Waals surface area (Å²) in [6.07, 6.45) is 5.33. The van der Waals surface area contributed by atoms with Gasteiger partial charge in [0.05, 0.1) is 16.7 Å². The van der Waals surface area contributed by atoms with E-state index in [2.05, 4.69) is 74.3 Å². The van der Waals surface area contributed by atoms with Crippen LogP contribution in [0.3, 0.4) is 0 Å². The molecule has 3 aromatic rings. The van der Waals surface area contributed by atoms with E-state index in [9.17, 15) is 0 Å². The summed E-state index contributed by atoms with van der Waals surface area (Å²) in [6, 6.07) is 12.9. The molecule has 1 aliphatic carbocycles. The van der Waals surface area contributed by atoms with Gasteiger partial charge in [-0.05, 0) is 23.6 Å². The maximum Gasteiger partial charge on any atom is 0.156 e. The van der Waals surface area contributed by atoms with Gasteiger partial charge >= 0.3 is 0 Å². The zero-order chi connectivity index (χ0) is 12.3. The predicted molar refractivity (Wildman–Crippen MR) is 83.6 cm³/mol. The highest BCUT2D eigenvalue weighted by Gasteiger charge is 2.19. The normalized spacial score (nSPS) is 13.3. The maximum atomic E-state index is 3.64. The van der Waals surface area contributed by atoms with Crippen molar-refractivity contribution in [2.75, 3.05) is 0 Å². The minimum absolute atomic E-state index is 1.10. The summed E-state index contributed by atoms with van der Waals surface area (Å²) in [7, 11) is 0. The van der Waals surface area contributed by atoms with Gasteiger partial charge in [0.15, 0.2) is 5.56 Å². The highest BCUT2D eigenvalue weighted by Crippen LogP contribution is 2.34. The maximum absolute atomic E-state index is 3.64. The summed E-state index contributed by atoms with van der Waals surface area (Å²) in [5.74, 6) is 0. The molecule has 0 saturated carbocycles. The molecule has 1 aliphatic rings. The molecule has 0 saturated heterocycles. The number of allylic oxidation sites excluding steroid dienone is 1. The Morgan fingerprint density at radius 3 is 2.56 bits per heavy atom. The Morgan fingerprint density at radius 1 is 0.833 bits per heavy atom. The Morgan fingerprint density at radius 2 is 1.67 bits per heavy atom. The van der Waals surface area contributed by atoms with E-state index in [1.165, 1.54) is 32.3 Å². The van der Waals surface area contributed by atoms with Crippen LogP contribution in [0, 0.1) is 6.08 Å². The summed E-state index contributed by atoms with van der Waals surface area (Å²) in [6.45, 7) is 0. The molecule has 4 rings (SSSR count). The second kappa shape index (κ2) is 3.64. The summed E-state index contributed by atoms with van der Waals surface area (Å²) >= 11 is 7.25. The molecular formula is C16H7Br2+. The van der Waals surface area contributed by atoms with Crippen LogP contribution in [0.2, 0.25) is 0 Å². The van der Waals surface area contributed by atoms with Crippen LogP contribution in [0.1, 0.15) is 5.56 Å². The molecule has 0 atom stereocenters. The number of rotatable bonds is 0. The first-order valence-electron chi connectivity index (χ1n) is 5.69. The van der Waals surface area contributed by atoms with Crippen LogP contribution < -0.4 is 5.22 Å². The Labute approximate surface area is 121 Å². The lowest BCUT2D eigenvalue weighted by Gasteiger charge is -2.07. The van der Waals surface area contributed by atoms with E-state index in [1.54, 1.807) is 0 Å². The van der Waals surface area contributed by atoms with Crippen LogP contribution in [0.15, 0.2) is 46.9 Å². The molecule has 0 amide bonds. The first-order chi connectivity index (χ1) is 8.75. The van der Waals surface area contributed by atoms with Gasteiger partial charge in [0.25, 0.3) is 0 Å². The second-order valence-electron chi connectivity index (χ2n) is 4.43. The Hall–Kier alpha value is -1.21. The summed E-state index contributed by atoms with van der Waals surface area (Å²) in [4.78, 5) is 0. The molecule has 0 aliphatic heterocycles. The van der Waals surface area contributed by atoms with Gasteiger partial charge in [-0.1, -0.05) is 28.1 Å². The molecule has 18 heavy (non-hydrogen) atoms. The molecule has 0 fully saturated rings. The standard InChI is InChI=1S/C16H7Br2/c17-13-8-4-10-2-6-12-14(18)7-3-9-1-5-11(13)16(10)15(9)12/h1-3,5-8H/q+1. The van der Waals surface area contributed by atoms with Gasteiger partial charge in [-0.2, -0.15) is 0 Å². The van der Waals surface area contributed by atoms with E-state index >= 15 is 0 Å². The molecule has 0 aromatic heterocycles. The lowest BCUT2D eigenvalue weighted by molar-refractivity contribution is 1.58. The van der Waals surface area contributed by atoms with Crippen molar-refractivity contribution in [1.29, 1.82) is 0 Å². The van der Waals surface area contributed by atoms with Gasteiger partial charge in [0.2, 0.25) is 0 Å². The van der Waals surface area contributed by atoms with Gasteiger partial charge in [0, 0.05) is 43.3 Å². The van der Waals surface area contributed by atoms with Crippen molar-refractivity contribution in [3.8, 4) is 0 Å². The zero-order valence-electron chi connectivity index (χ0n) is 9.30. The monoisotopic (exact) mass is 357 g/mol. The lowest BCUT2D eigenvalue weighted by atomic mass is 9.93. The molecule has 2 heteroatoms. The van der Waals surface area contributed by atoms with Crippen LogP contribution >= 0.6 is 31.9 Å². The fraction of sp³-hybridized carbons (Fsp3) is 0. The minimum Gasteiger partial charge on any atom is -0.0523 e. The van der Waals surface area contributed by atoms with Crippen LogP contribution in [-0.2, 0) is 0 Å². The SMILES string of the molecule is BrC1=c2ccc3ccc(Br)c4ccc(c2c34)[C+]=C1. The molecular weight excluding hydrogens is 352 g/mol. The highest BCUT2D eigenvalue weighted by molar-refractivity contribution is 9.15. The quantitative estimate of drug-likeness (QED) is 0.511. The molecule has 0 N–H and O–H groups in total. The van der Waals surface area contributed by atoms with Crippen molar-refractivity contribution in [3.63, 3.8) is 0 Å². The molecule has 84 valence electrons. The number of benzene rings is 3. The van der Waals surface area contributed by atoms with Gasteiger partial charge in [-0.15, -0.1) is 0 Å². The van der Waals surface area contributed by atoms with Gasteiger partial charge in [0.1, 0.15) is 4.48 Å². The van der Waals surface area contributed by atoms with Gasteiger partial charge < -0.3 is 0 Å². The van der Waals surface area contributed by atoms with E-state index in [0.717, 1.165) is 8.96 Å². The van der Waals surface area contributed by atoms with Gasteiger partial charge in [-0.3, -0.25) is 0 Å². The highest BCUT2D eigenvalue weighted by atomic mass is 79.9. The Balaban J connectivity index is 2.45. The van der Waals surface area contributed by atoms with Crippen LogP contribution in [0.25, 0.3) is 26.0 Å². The van der Waals surface area contributed by atoms with Crippen molar-refractivity contribution in [3.05, 3.63) is 63.8 Å². The first-order valence-corrected chi connectivity index (χ1v) is 7.27. The molecule has 0 spiro atoms. The third kappa shape index (κ3) is 1.28. The molecule has 0 unspecified atom stereocenters. The number of hydrogen-bond acceptors (Lipinski definition) is 0. The van der Waals surface area contributed by atoms with E-state index in [4.69, 9.17) is 0 Å². The average Bonchev–Trinajstić information content (AvgIpc) is 2.40. The van der Waals surface area contributed by atoms with E-state index in [-0.39, 0.29) is 0 Å². The van der Waals surface area contributed by atoms with Crippen molar-refractivity contribution in [1.82, 2.24) is 0 Å². The van der Waals surface area contributed by atoms with Crippen LogP contribution in [0.5, 0.6) is 0 Å². The smallest absolute Gasteiger partial charge is 0.0523 e. The summed E-state index contributed by atoms with van der Waals surface area (Å²) in [5, 5.41) is 6.40. The molecule has 3 aromatic carbocycles. The fourth-order valence-electron chi connectivity index (χ4n) is 2.65. The van der Waals surface area contributed by atoms with Crippen molar-refractivity contribution in [2.24, 2.45) is 0 Å². The van der Waals surface area contributed by atoms with Gasteiger partial charge in [-0.25, -0.2) is 0 Å². The number of halogens is 2. The molecule has 0 heterocycles. The molecule has 0 bridgehead atoms. The minimum atomic E-state index is 1.10. The van der Waals surface area contributed by atoms with Crippen molar-refractivity contribution in [2.45, 2.75) is 0 Å². The predicted octanol–water partition coefficient (Wildman–Crippen LogP) is 4.70. The number of hydrogen-bond donors (Lipinski definition) is 0. The summed E-state index contributed by atoms with van der Waals surface area (Å²) in [5.41, 5.74) is 1.17. The van der Waals surface area contributed by atoms with E-state index < -0.39 is 0 Å². The second-order valence-corrected chi connectivity index (χ2v) is 6.14. The van der Waals surface area contributed by atoms with Crippen LogP contribution in [0.4, 0.5) is 0 Å². The molecule has 0 radical (unpaired) electrons. The largest absolute Gasteiger partial charge is 0.156 e. The summed E-state index contributed by atoms with van der Waals surface area (Å²) < 4.78 is 2.24. The van der Waals surface area contributed by atoms with Crippen molar-refractivity contribution >= 4 is 57.9 Å². The third-order valence-electron chi connectivity index (χ3n) is 3.47. The average molecular weight is 359 g/mol. The Bertz CT molecular complexity index is 888.